The second-order valence-electron chi connectivity index (χ2n) is 7.48. The number of anilines is 1. The third kappa shape index (κ3) is 6.87. The molecule has 0 aliphatic carbocycles. The van der Waals surface area contributed by atoms with Crippen molar-refractivity contribution in [2.75, 3.05) is 31.2 Å². The van der Waals surface area contributed by atoms with E-state index in [1.807, 2.05) is 6.92 Å². The number of carbonyl (C=O) groups is 1. The van der Waals surface area contributed by atoms with Crippen molar-refractivity contribution in [1.29, 1.82) is 0 Å². The summed E-state index contributed by atoms with van der Waals surface area (Å²) in [6, 6.07) is 5.71. The van der Waals surface area contributed by atoms with E-state index in [1.54, 1.807) is 42.5 Å². The van der Waals surface area contributed by atoms with Crippen LogP contribution in [0.15, 0.2) is 66.1 Å². The number of hydrogen-bond acceptors (Lipinski definition) is 4. The fraction of sp³-hybridized carbons (Fsp3) is 0.409. The summed E-state index contributed by atoms with van der Waals surface area (Å²) < 4.78 is 25.4. The predicted molar refractivity (Wildman–Crippen MR) is 119 cm³/mol. The highest BCUT2D eigenvalue weighted by Crippen LogP contribution is 2.23. The second kappa shape index (κ2) is 10.4. The number of carbonyl (C=O) groups excluding carboxylic acids is 1. The van der Waals surface area contributed by atoms with Gasteiger partial charge in [-0.3, -0.25) is 0 Å². The topological polar surface area (TPSA) is 78.5 Å². The summed E-state index contributed by atoms with van der Waals surface area (Å²) in [6.45, 7) is 11.1. The van der Waals surface area contributed by atoms with E-state index in [4.69, 9.17) is 0 Å². The van der Waals surface area contributed by atoms with Crippen LogP contribution in [0.4, 0.5) is 10.5 Å². The zero-order valence-corrected chi connectivity index (χ0v) is 18.0. The number of sulfone groups is 1. The number of allylic oxidation sites excluding steroid dienone is 2. The van der Waals surface area contributed by atoms with Crippen molar-refractivity contribution in [1.82, 2.24) is 10.2 Å². The van der Waals surface area contributed by atoms with Crippen molar-refractivity contribution in [2.45, 2.75) is 30.7 Å². The number of piperidine rings is 1. The van der Waals surface area contributed by atoms with Gasteiger partial charge < -0.3 is 15.5 Å². The van der Waals surface area contributed by atoms with Crippen LogP contribution < -0.4 is 10.6 Å². The van der Waals surface area contributed by atoms with Crippen molar-refractivity contribution in [3.63, 3.8) is 0 Å². The lowest BCUT2D eigenvalue weighted by Gasteiger charge is -2.28. The normalized spacial score (nSPS) is 17.4. The Morgan fingerprint density at radius 3 is 2.41 bits per heavy atom. The zero-order valence-electron chi connectivity index (χ0n) is 17.2. The highest BCUT2D eigenvalue weighted by molar-refractivity contribution is 7.91. The van der Waals surface area contributed by atoms with Gasteiger partial charge in [0.05, 0.1) is 16.7 Å². The van der Waals surface area contributed by atoms with E-state index in [0.717, 1.165) is 31.5 Å². The van der Waals surface area contributed by atoms with Crippen molar-refractivity contribution in [2.24, 2.45) is 5.92 Å². The smallest absolute Gasteiger partial charge is 0.319 e. The largest absolute Gasteiger partial charge is 0.331 e. The molecule has 1 aromatic carbocycles. The van der Waals surface area contributed by atoms with Crippen LogP contribution >= 0.6 is 0 Å². The number of rotatable bonds is 8. The Morgan fingerprint density at radius 2 is 1.86 bits per heavy atom. The summed E-state index contributed by atoms with van der Waals surface area (Å²) in [4.78, 5) is 14.7. The summed E-state index contributed by atoms with van der Waals surface area (Å²) in [5.74, 6) is 0.370. The summed E-state index contributed by atoms with van der Waals surface area (Å²) in [6.07, 6.45) is 6.89. The Morgan fingerprint density at radius 1 is 1.24 bits per heavy atom. The Bertz CT molecular complexity index is 852. The highest BCUT2D eigenvalue weighted by atomic mass is 32.2. The molecule has 2 amide bonds. The van der Waals surface area contributed by atoms with Crippen LogP contribution in [-0.4, -0.2) is 51.3 Å². The molecule has 0 spiro atoms. The Balaban J connectivity index is 1.95. The third-order valence-corrected chi connectivity index (χ3v) is 7.06. The van der Waals surface area contributed by atoms with Gasteiger partial charge in [-0.25, -0.2) is 13.2 Å². The van der Waals surface area contributed by atoms with Crippen LogP contribution in [0.5, 0.6) is 0 Å². The Labute approximate surface area is 174 Å². The maximum atomic E-state index is 12.7. The molecule has 1 saturated heterocycles. The average Bonchev–Trinajstić information content (AvgIpc) is 2.68. The summed E-state index contributed by atoms with van der Waals surface area (Å²) in [5.41, 5.74) is 1.37. The quantitative estimate of drug-likeness (QED) is 0.634. The molecule has 1 unspecified atom stereocenters. The van der Waals surface area contributed by atoms with Crippen molar-refractivity contribution in [3.8, 4) is 0 Å². The molecular formula is C22H31N3O3S. The van der Waals surface area contributed by atoms with E-state index < -0.39 is 9.84 Å². The number of nitrogens with one attached hydrogen (secondary N) is 2. The molecule has 1 aliphatic heterocycles. The van der Waals surface area contributed by atoms with E-state index >= 15 is 0 Å². The van der Waals surface area contributed by atoms with Crippen molar-refractivity contribution >= 4 is 21.6 Å². The van der Waals surface area contributed by atoms with Crippen LogP contribution in [0.25, 0.3) is 0 Å². The lowest BCUT2D eigenvalue weighted by Crippen LogP contribution is -2.36. The van der Waals surface area contributed by atoms with E-state index in [-0.39, 0.29) is 23.7 Å². The predicted octanol–water partition coefficient (Wildman–Crippen LogP) is 3.61. The van der Waals surface area contributed by atoms with Crippen LogP contribution in [0.2, 0.25) is 0 Å². The minimum Gasteiger partial charge on any atom is -0.331 e. The maximum absolute atomic E-state index is 12.7. The molecule has 29 heavy (non-hydrogen) atoms. The van der Waals surface area contributed by atoms with Gasteiger partial charge in [-0.15, -0.1) is 0 Å². The first kappa shape index (κ1) is 22.9. The average molecular weight is 418 g/mol. The lowest BCUT2D eigenvalue weighted by atomic mass is 10.00. The van der Waals surface area contributed by atoms with Gasteiger partial charge in [-0.05, 0) is 75.7 Å². The molecule has 1 aromatic rings. The molecule has 1 aliphatic rings. The fourth-order valence-electron chi connectivity index (χ4n) is 3.35. The molecule has 0 aromatic heterocycles. The molecule has 2 N–H and O–H groups in total. The number of nitrogens with zero attached hydrogens (tertiary/aromatic N) is 1. The van der Waals surface area contributed by atoms with Gasteiger partial charge in [0.25, 0.3) is 0 Å². The standard InChI is InChI=1S/C22H31N3O3S/c1-5-7-19(6-2)17(3)23-22(26)24-20-8-10-21(11-9-20)29(27,28)16-18-12-14-25(4)15-13-18/h5-11,17-18H,1-2,12-16H2,3-4H3,(H2,23,24,26)/b19-7+. The van der Waals surface area contributed by atoms with E-state index in [9.17, 15) is 13.2 Å². The molecule has 1 atom stereocenters. The molecule has 2 rings (SSSR count). The number of urea groups is 1. The monoisotopic (exact) mass is 417 g/mol. The first-order chi connectivity index (χ1) is 13.7. The molecule has 6 nitrogen and oxygen atoms in total. The van der Waals surface area contributed by atoms with Gasteiger partial charge in [0.2, 0.25) is 0 Å². The molecule has 7 heteroatoms. The third-order valence-electron chi connectivity index (χ3n) is 5.16. The molecule has 158 valence electrons. The van der Waals surface area contributed by atoms with Crippen molar-refractivity contribution in [3.05, 3.63) is 61.2 Å². The van der Waals surface area contributed by atoms with Gasteiger partial charge in [0, 0.05) is 5.69 Å². The zero-order chi connectivity index (χ0) is 21.4. The number of amides is 2. The number of benzene rings is 1. The maximum Gasteiger partial charge on any atom is 0.319 e. The van der Waals surface area contributed by atoms with Gasteiger partial charge in [-0.1, -0.05) is 31.4 Å². The number of hydrogen-bond donors (Lipinski definition) is 2. The van der Waals surface area contributed by atoms with Gasteiger partial charge >= 0.3 is 6.03 Å². The minimum absolute atomic E-state index is 0.172. The SMILES string of the molecule is C=C/C=C(\C=C)C(C)NC(=O)Nc1ccc(S(=O)(=O)CC2CCN(C)CC2)cc1. The molecular weight excluding hydrogens is 386 g/mol. The highest BCUT2D eigenvalue weighted by Gasteiger charge is 2.24. The Hall–Kier alpha value is -2.38. The summed E-state index contributed by atoms with van der Waals surface area (Å²) >= 11 is 0. The summed E-state index contributed by atoms with van der Waals surface area (Å²) in [7, 11) is -1.28. The van der Waals surface area contributed by atoms with Gasteiger partial charge in [0.15, 0.2) is 9.84 Å². The molecule has 1 fully saturated rings. The van der Waals surface area contributed by atoms with Gasteiger partial charge in [0.1, 0.15) is 0 Å². The number of likely N-dealkylation sites (tertiary alicyclic amines) is 1. The summed E-state index contributed by atoms with van der Waals surface area (Å²) in [5, 5.41) is 5.53. The molecule has 0 saturated carbocycles. The first-order valence-electron chi connectivity index (χ1n) is 9.79. The van der Waals surface area contributed by atoms with Crippen LogP contribution in [0, 0.1) is 5.92 Å². The molecule has 1 heterocycles. The van der Waals surface area contributed by atoms with Crippen LogP contribution in [0.1, 0.15) is 19.8 Å². The molecule has 0 bridgehead atoms. The van der Waals surface area contributed by atoms with E-state index in [0.29, 0.717) is 10.6 Å². The lowest BCUT2D eigenvalue weighted by molar-refractivity contribution is 0.231. The van der Waals surface area contributed by atoms with Crippen LogP contribution in [-0.2, 0) is 9.84 Å². The fourth-order valence-corrected chi connectivity index (χ4v) is 5.05. The van der Waals surface area contributed by atoms with E-state index in [1.165, 1.54) is 0 Å². The van der Waals surface area contributed by atoms with E-state index in [2.05, 4.69) is 35.7 Å². The van der Waals surface area contributed by atoms with Gasteiger partial charge in [-0.2, -0.15) is 0 Å². The van der Waals surface area contributed by atoms with Crippen LogP contribution in [0.3, 0.4) is 0 Å². The molecule has 0 radical (unpaired) electrons. The minimum atomic E-state index is -3.34. The Kier molecular flexibility index (Phi) is 8.22. The first-order valence-corrected chi connectivity index (χ1v) is 11.4. The second-order valence-corrected chi connectivity index (χ2v) is 9.51. The van der Waals surface area contributed by atoms with Crippen molar-refractivity contribution < 1.29 is 13.2 Å².